The number of anilines is 1. The fourth-order valence-corrected chi connectivity index (χ4v) is 4.17. The second kappa shape index (κ2) is 9.72. The molecule has 0 radical (unpaired) electrons. The third-order valence-corrected chi connectivity index (χ3v) is 5.69. The van der Waals surface area contributed by atoms with E-state index in [9.17, 15) is 14.4 Å². The van der Waals surface area contributed by atoms with Gasteiger partial charge in [0.1, 0.15) is 0 Å². The normalized spacial score (nSPS) is 19.7. The SMILES string of the molecule is COc1cc(/C=C2/SC(=O)NC2=O)c(N(CCNC(=O)O)C2CCNC2)cc1OC. The lowest BCUT2D eigenvalue weighted by Crippen LogP contribution is -2.42. The van der Waals surface area contributed by atoms with E-state index in [4.69, 9.17) is 14.6 Å². The van der Waals surface area contributed by atoms with Gasteiger partial charge in [-0.05, 0) is 36.9 Å². The van der Waals surface area contributed by atoms with Crippen LogP contribution in [0, 0.1) is 0 Å². The van der Waals surface area contributed by atoms with Crippen LogP contribution in [0.4, 0.5) is 15.3 Å². The number of hydrogen-bond acceptors (Lipinski definition) is 8. The molecule has 0 bridgehead atoms. The maximum absolute atomic E-state index is 12.1. The fourth-order valence-electron chi connectivity index (χ4n) is 3.50. The van der Waals surface area contributed by atoms with Gasteiger partial charge < -0.3 is 30.1 Å². The summed E-state index contributed by atoms with van der Waals surface area (Å²) in [5.41, 5.74) is 1.43. The van der Waals surface area contributed by atoms with Crippen molar-refractivity contribution in [1.82, 2.24) is 16.0 Å². The smallest absolute Gasteiger partial charge is 0.404 e. The molecular weight excluding hydrogens is 412 g/mol. The molecule has 3 amide bonds. The number of hydrogen-bond donors (Lipinski definition) is 4. The molecule has 2 saturated heterocycles. The Morgan fingerprint density at radius 2 is 2.07 bits per heavy atom. The standard InChI is InChI=1S/C19H24N4O6S/c1-28-14-7-11(8-16-17(24)22-19(27)30-16)13(9-15(14)29-2)23(6-5-21-18(25)26)12-3-4-20-10-12/h7-9,12,20-21H,3-6,10H2,1-2H3,(H,25,26)(H,22,24,27)/b16-8+. The molecular formula is C19H24N4O6S. The van der Waals surface area contributed by atoms with Crippen LogP contribution in [0.25, 0.3) is 6.08 Å². The third kappa shape index (κ3) is 4.97. The minimum atomic E-state index is -1.09. The number of carbonyl (C=O) groups excluding carboxylic acids is 2. The number of nitrogens with zero attached hydrogens (tertiary/aromatic N) is 1. The van der Waals surface area contributed by atoms with Crippen LogP contribution in [-0.4, -0.2) is 68.8 Å². The lowest BCUT2D eigenvalue weighted by atomic mass is 10.1. The van der Waals surface area contributed by atoms with E-state index >= 15 is 0 Å². The Kier molecular flexibility index (Phi) is 7.06. The van der Waals surface area contributed by atoms with Crippen LogP contribution in [0.1, 0.15) is 12.0 Å². The van der Waals surface area contributed by atoms with E-state index in [1.807, 2.05) is 6.07 Å². The van der Waals surface area contributed by atoms with Crippen molar-refractivity contribution in [3.8, 4) is 11.5 Å². The maximum atomic E-state index is 12.1. The molecule has 0 saturated carbocycles. The summed E-state index contributed by atoms with van der Waals surface area (Å²) in [5, 5.41) is 16.5. The Morgan fingerprint density at radius 1 is 1.33 bits per heavy atom. The molecule has 0 spiro atoms. The quantitative estimate of drug-likeness (QED) is 0.448. The van der Waals surface area contributed by atoms with E-state index in [1.54, 1.807) is 12.1 Å². The fraction of sp³-hybridized carbons (Fsp3) is 0.421. The molecule has 0 aromatic heterocycles. The molecule has 2 fully saturated rings. The van der Waals surface area contributed by atoms with E-state index < -0.39 is 17.2 Å². The number of amides is 3. The lowest BCUT2D eigenvalue weighted by Gasteiger charge is -2.32. The Balaban J connectivity index is 2.05. The predicted octanol–water partition coefficient (Wildman–Crippen LogP) is 1.46. The molecule has 11 heteroatoms. The first-order chi connectivity index (χ1) is 14.4. The van der Waals surface area contributed by atoms with Gasteiger partial charge in [-0.1, -0.05) is 0 Å². The van der Waals surface area contributed by atoms with Gasteiger partial charge in [0.15, 0.2) is 11.5 Å². The summed E-state index contributed by atoms with van der Waals surface area (Å²) in [6.07, 6.45) is 1.43. The molecule has 1 atom stereocenters. The molecule has 2 aliphatic rings. The van der Waals surface area contributed by atoms with Gasteiger partial charge in [-0.2, -0.15) is 0 Å². The summed E-state index contributed by atoms with van der Waals surface area (Å²) >= 11 is 0.835. The van der Waals surface area contributed by atoms with Crippen LogP contribution < -0.4 is 30.3 Å². The van der Waals surface area contributed by atoms with Gasteiger partial charge >= 0.3 is 6.09 Å². The summed E-state index contributed by atoms with van der Waals surface area (Å²) in [6, 6.07) is 3.68. The zero-order valence-corrected chi connectivity index (χ0v) is 17.5. The van der Waals surface area contributed by atoms with Crippen molar-refractivity contribution < 1.29 is 29.0 Å². The van der Waals surface area contributed by atoms with Crippen molar-refractivity contribution in [1.29, 1.82) is 0 Å². The third-order valence-electron chi connectivity index (χ3n) is 4.87. The lowest BCUT2D eigenvalue weighted by molar-refractivity contribution is -0.115. The molecule has 2 heterocycles. The minimum absolute atomic E-state index is 0.127. The molecule has 10 nitrogen and oxygen atoms in total. The first-order valence-corrected chi connectivity index (χ1v) is 10.2. The Labute approximate surface area is 178 Å². The highest BCUT2D eigenvalue weighted by atomic mass is 32.2. The summed E-state index contributed by atoms with van der Waals surface area (Å²) in [6.45, 7) is 2.24. The van der Waals surface area contributed by atoms with Crippen LogP contribution >= 0.6 is 11.8 Å². The van der Waals surface area contributed by atoms with Crippen molar-refractivity contribution in [3.63, 3.8) is 0 Å². The summed E-state index contributed by atoms with van der Waals surface area (Å²) in [4.78, 5) is 36.9. The molecule has 3 rings (SSSR count). The summed E-state index contributed by atoms with van der Waals surface area (Å²) < 4.78 is 10.9. The number of methoxy groups -OCH3 is 2. The average molecular weight is 436 g/mol. The summed E-state index contributed by atoms with van der Waals surface area (Å²) in [7, 11) is 3.05. The van der Waals surface area contributed by atoms with Gasteiger partial charge in [-0.25, -0.2) is 4.79 Å². The minimum Gasteiger partial charge on any atom is -0.493 e. The second-order valence-corrected chi connectivity index (χ2v) is 7.70. The number of rotatable bonds is 8. The summed E-state index contributed by atoms with van der Waals surface area (Å²) in [5.74, 6) is 0.541. The van der Waals surface area contributed by atoms with Crippen molar-refractivity contribution >= 4 is 40.8 Å². The van der Waals surface area contributed by atoms with Crippen LogP contribution in [0.15, 0.2) is 17.0 Å². The van der Waals surface area contributed by atoms with Gasteiger partial charge in [0.2, 0.25) is 0 Å². The van der Waals surface area contributed by atoms with Crippen molar-refractivity contribution in [2.75, 3.05) is 45.3 Å². The number of thioether (sulfide) groups is 1. The van der Waals surface area contributed by atoms with Crippen LogP contribution in [0.3, 0.4) is 0 Å². The van der Waals surface area contributed by atoms with Crippen LogP contribution in [0.5, 0.6) is 11.5 Å². The number of carboxylic acid groups (broad SMARTS) is 1. The number of ether oxygens (including phenoxy) is 2. The number of imide groups is 1. The van der Waals surface area contributed by atoms with E-state index in [1.165, 1.54) is 14.2 Å². The molecule has 4 N–H and O–H groups in total. The first kappa shape index (κ1) is 21.8. The molecule has 1 aromatic carbocycles. The Hall–Kier alpha value is -2.92. The van der Waals surface area contributed by atoms with E-state index in [0.29, 0.717) is 23.6 Å². The second-order valence-electron chi connectivity index (χ2n) is 6.69. The predicted molar refractivity (Wildman–Crippen MR) is 113 cm³/mol. The van der Waals surface area contributed by atoms with Crippen LogP contribution in [-0.2, 0) is 4.79 Å². The van der Waals surface area contributed by atoms with E-state index in [-0.39, 0.29) is 17.5 Å². The molecule has 30 heavy (non-hydrogen) atoms. The molecule has 1 unspecified atom stereocenters. The zero-order valence-electron chi connectivity index (χ0n) is 16.7. The topological polar surface area (TPSA) is 129 Å². The van der Waals surface area contributed by atoms with Gasteiger partial charge in [0.25, 0.3) is 11.1 Å². The van der Waals surface area contributed by atoms with Crippen molar-refractivity contribution in [2.24, 2.45) is 0 Å². The van der Waals surface area contributed by atoms with Gasteiger partial charge in [0.05, 0.1) is 19.1 Å². The highest BCUT2D eigenvalue weighted by Crippen LogP contribution is 2.39. The Bertz CT molecular complexity index is 869. The molecule has 2 aliphatic heterocycles. The average Bonchev–Trinajstić information content (AvgIpc) is 3.34. The van der Waals surface area contributed by atoms with Crippen molar-refractivity contribution in [2.45, 2.75) is 12.5 Å². The number of carbonyl (C=O) groups is 3. The van der Waals surface area contributed by atoms with E-state index in [2.05, 4.69) is 20.9 Å². The monoisotopic (exact) mass is 436 g/mol. The van der Waals surface area contributed by atoms with Gasteiger partial charge in [0, 0.05) is 43.0 Å². The number of nitrogens with one attached hydrogen (secondary N) is 3. The van der Waals surface area contributed by atoms with Crippen molar-refractivity contribution in [3.05, 3.63) is 22.6 Å². The zero-order chi connectivity index (χ0) is 21.7. The highest BCUT2D eigenvalue weighted by molar-refractivity contribution is 8.18. The van der Waals surface area contributed by atoms with Gasteiger partial charge in [-0.3, -0.25) is 14.9 Å². The van der Waals surface area contributed by atoms with E-state index in [0.717, 1.165) is 37.0 Å². The largest absolute Gasteiger partial charge is 0.493 e. The number of benzene rings is 1. The Morgan fingerprint density at radius 3 is 2.63 bits per heavy atom. The van der Waals surface area contributed by atoms with Gasteiger partial charge in [-0.15, -0.1) is 0 Å². The van der Waals surface area contributed by atoms with Crippen LogP contribution in [0.2, 0.25) is 0 Å². The first-order valence-electron chi connectivity index (χ1n) is 9.38. The molecule has 162 valence electrons. The highest BCUT2D eigenvalue weighted by Gasteiger charge is 2.28. The molecule has 1 aromatic rings. The molecule has 0 aliphatic carbocycles. The maximum Gasteiger partial charge on any atom is 0.404 e.